The summed E-state index contributed by atoms with van der Waals surface area (Å²) in [6.07, 6.45) is 4.49. The minimum atomic E-state index is -0.722. The van der Waals surface area contributed by atoms with Crippen molar-refractivity contribution in [2.24, 2.45) is 0 Å². The zero-order chi connectivity index (χ0) is 15.2. The maximum Gasteiger partial charge on any atom is 0.410 e. The van der Waals surface area contributed by atoms with Crippen molar-refractivity contribution in [2.45, 2.75) is 51.7 Å². The lowest BCUT2D eigenvalue weighted by Gasteiger charge is -2.34. The van der Waals surface area contributed by atoms with Crippen molar-refractivity contribution in [1.29, 1.82) is 0 Å². The predicted molar refractivity (Wildman–Crippen MR) is 82.4 cm³/mol. The Morgan fingerprint density at radius 2 is 2.15 bits per heavy atom. The second-order valence-electron chi connectivity index (χ2n) is 6.35. The van der Waals surface area contributed by atoms with Gasteiger partial charge in [0.25, 0.3) is 0 Å². The quantitative estimate of drug-likeness (QED) is 0.786. The van der Waals surface area contributed by atoms with E-state index in [1.54, 1.807) is 11.2 Å². The van der Waals surface area contributed by atoms with Crippen LogP contribution in [0, 0.1) is 0 Å². The average molecular weight is 304 g/mol. The van der Waals surface area contributed by atoms with E-state index in [4.69, 9.17) is 4.74 Å². The fraction of sp³-hybridized carbons (Fsp3) is 0.929. The molecule has 1 heterocycles. The van der Waals surface area contributed by atoms with Crippen LogP contribution in [0.5, 0.6) is 0 Å². The van der Waals surface area contributed by atoms with Crippen molar-refractivity contribution in [3.05, 3.63) is 0 Å². The minimum absolute atomic E-state index is 0.223. The summed E-state index contributed by atoms with van der Waals surface area (Å²) in [5.41, 5.74) is -0.442. The van der Waals surface area contributed by atoms with Crippen molar-refractivity contribution >= 4 is 16.9 Å². The Labute approximate surface area is 124 Å². The highest BCUT2D eigenvalue weighted by Gasteiger charge is 2.27. The molecule has 118 valence electrons. The highest BCUT2D eigenvalue weighted by Crippen LogP contribution is 2.15. The Kier molecular flexibility index (Phi) is 6.95. The van der Waals surface area contributed by atoms with Crippen molar-refractivity contribution in [3.8, 4) is 0 Å². The van der Waals surface area contributed by atoms with Crippen LogP contribution < -0.4 is 5.32 Å². The van der Waals surface area contributed by atoms with Crippen molar-refractivity contribution < 1.29 is 13.7 Å². The summed E-state index contributed by atoms with van der Waals surface area (Å²) in [6, 6.07) is 0.321. The lowest BCUT2D eigenvalue weighted by molar-refractivity contribution is 0.0188. The Morgan fingerprint density at radius 3 is 2.75 bits per heavy atom. The number of hydrogen-bond donors (Lipinski definition) is 1. The monoisotopic (exact) mass is 304 g/mol. The van der Waals surface area contributed by atoms with Gasteiger partial charge < -0.3 is 15.0 Å². The number of carbonyl (C=O) groups excluding carboxylic acids is 1. The molecule has 0 bridgehead atoms. The van der Waals surface area contributed by atoms with Crippen LogP contribution in [-0.2, 0) is 15.5 Å². The molecule has 0 aromatic heterocycles. The third-order valence-corrected chi connectivity index (χ3v) is 3.98. The molecule has 1 saturated heterocycles. The zero-order valence-corrected chi connectivity index (χ0v) is 13.9. The van der Waals surface area contributed by atoms with E-state index in [0.29, 0.717) is 12.6 Å². The molecule has 0 aromatic carbocycles. The number of carbonyl (C=O) groups is 1. The van der Waals surface area contributed by atoms with Crippen LogP contribution in [0.4, 0.5) is 4.79 Å². The number of ether oxygens (including phenoxy) is 1. The van der Waals surface area contributed by atoms with Crippen molar-refractivity contribution in [3.63, 3.8) is 0 Å². The van der Waals surface area contributed by atoms with Gasteiger partial charge in [-0.05, 0) is 46.6 Å². The normalized spacial score (nSPS) is 21.6. The van der Waals surface area contributed by atoms with Crippen LogP contribution in [-0.4, -0.2) is 58.5 Å². The largest absolute Gasteiger partial charge is 0.444 e. The van der Waals surface area contributed by atoms with Gasteiger partial charge in [0.15, 0.2) is 0 Å². The van der Waals surface area contributed by atoms with E-state index in [2.05, 4.69) is 5.32 Å². The first-order valence-electron chi connectivity index (χ1n) is 7.29. The first kappa shape index (κ1) is 17.4. The maximum atomic E-state index is 12.0. The number of nitrogens with one attached hydrogen (secondary N) is 1. The third-order valence-electron chi connectivity index (χ3n) is 3.11. The van der Waals surface area contributed by atoms with Gasteiger partial charge in [0.1, 0.15) is 5.60 Å². The van der Waals surface area contributed by atoms with Gasteiger partial charge in [-0.25, -0.2) is 4.79 Å². The fourth-order valence-corrected chi connectivity index (χ4v) is 2.77. The predicted octanol–water partition coefficient (Wildman–Crippen LogP) is 1.74. The first-order chi connectivity index (χ1) is 9.28. The molecule has 1 amide bonds. The summed E-state index contributed by atoms with van der Waals surface area (Å²) in [7, 11) is -0.722. The van der Waals surface area contributed by atoms with Gasteiger partial charge >= 0.3 is 6.09 Å². The molecular weight excluding hydrogens is 276 g/mol. The molecule has 2 unspecified atom stereocenters. The summed E-state index contributed by atoms with van der Waals surface area (Å²) in [6.45, 7) is 7.98. The van der Waals surface area contributed by atoms with E-state index in [-0.39, 0.29) is 6.09 Å². The molecule has 1 fully saturated rings. The van der Waals surface area contributed by atoms with Gasteiger partial charge in [0.2, 0.25) is 0 Å². The molecule has 1 aliphatic heterocycles. The average Bonchev–Trinajstić information content (AvgIpc) is 2.33. The number of hydrogen-bond acceptors (Lipinski definition) is 4. The van der Waals surface area contributed by atoms with Gasteiger partial charge in [-0.15, -0.1) is 0 Å². The third kappa shape index (κ3) is 7.24. The summed E-state index contributed by atoms with van der Waals surface area (Å²) in [5, 5.41) is 3.44. The van der Waals surface area contributed by atoms with Crippen LogP contribution >= 0.6 is 0 Å². The molecule has 0 aromatic rings. The van der Waals surface area contributed by atoms with E-state index in [0.717, 1.165) is 38.1 Å². The molecule has 5 nitrogen and oxygen atoms in total. The van der Waals surface area contributed by atoms with E-state index >= 15 is 0 Å². The van der Waals surface area contributed by atoms with Crippen LogP contribution in [0.2, 0.25) is 0 Å². The van der Waals surface area contributed by atoms with Crippen LogP contribution in [0.1, 0.15) is 40.0 Å². The summed E-state index contributed by atoms with van der Waals surface area (Å²) >= 11 is 0. The van der Waals surface area contributed by atoms with Crippen LogP contribution in [0.25, 0.3) is 0 Å². The second-order valence-corrected chi connectivity index (χ2v) is 7.91. The first-order valence-corrected chi connectivity index (χ1v) is 9.02. The van der Waals surface area contributed by atoms with E-state index in [1.807, 2.05) is 20.8 Å². The molecule has 0 radical (unpaired) electrons. The Morgan fingerprint density at radius 1 is 1.45 bits per heavy atom. The van der Waals surface area contributed by atoms with Gasteiger partial charge in [-0.2, -0.15) is 0 Å². The molecule has 1 aliphatic rings. The van der Waals surface area contributed by atoms with Gasteiger partial charge in [-0.3, -0.25) is 4.21 Å². The molecule has 2 atom stereocenters. The zero-order valence-electron chi connectivity index (χ0n) is 13.1. The molecular formula is C14H28N2O3S. The van der Waals surface area contributed by atoms with E-state index in [9.17, 15) is 9.00 Å². The highest BCUT2D eigenvalue weighted by molar-refractivity contribution is 7.84. The molecule has 0 saturated carbocycles. The number of nitrogens with zero attached hydrogens (tertiary/aromatic N) is 1. The molecule has 1 N–H and O–H groups in total. The lowest BCUT2D eigenvalue weighted by Crippen LogP contribution is -2.49. The molecule has 1 rings (SSSR count). The Balaban J connectivity index is 2.31. The Hall–Kier alpha value is -0.620. The van der Waals surface area contributed by atoms with Crippen molar-refractivity contribution in [1.82, 2.24) is 10.2 Å². The van der Waals surface area contributed by atoms with Crippen LogP contribution in [0.3, 0.4) is 0 Å². The van der Waals surface area contributed by atoms with Crippen LogP contribution in [0.15, 0.2) is 0 Å². The molecule has 0 spiro atoms. The van der Waals surface area contributed by atoms with E-state index < -0.39 is 16.4 Å². The van der Waals surface area contributed by atoms with Gasteiger partial charge in [-0.1, -0.05) is 0 Å². The molecule has 20 heavy (non-hydrogen) atoms. The smallest absolute Gasteiger partial charge is 0.410 e. The number of rotatable bonds is 5. The fourth-order valence-electron chi connectivity index (χ4n) is 2.22. The number of likely N-dealkylation sites (tertiary alicyclic amines) is 1. The minimum Gasteiger partial charge on any atom is -0.444 e. The number of piperidine rings is 1. The SMILES string of the molecule is CS(=O)CCCNC1CCCN(C(=O)OC(C)(C)C)C1. The Bertz CT molecular complexity index is 342. The summed E-state index contributed by atoms with van der Waals surface area (Å²) in [4.78, 5) is 13.8. The topological polar surface area (TPSA) is 58.6 Å². The van der Waals surface area contributed by atoms with Crippen molar-refractivity contribution in [2.75, 3.05) is 31.6 Å². The summed E-state index contributed by atoms with van der Waals surface area (Å²) in [5.74, 6) is 0.732. The van der Waals surface area contributed by atoms with E-state index in [1.165, 1.54) is 0 Å². The highest BCUT2D eigenvalue weighted by atomic mass is 32.2. The molecule has 0 aliphatic carbocycles. The maximum absolute atomic E-state index is 12.0. The van der Waals surface area contributed by atoms with Gasteiger partial charge in [0.05, 0.1) is 0 Å². The molecule has 6 heteroatoms. The lowest BCUT2D eigenvalue weighted by atomic mass is 10.1. The van der Waals surface area contributed by atoms with Gasteiger partial charge in [0, 0.05) is 41.9 Å². The second kappa shape index (κ2) is 7.98. The number of amides is 1. The standard InChI is InChI=1S/C14H28N2O3S/c1-14(2,3)19-13(17)16-9-5-7-12(11-16)15-8-6-10-20(4)18/h12,15H,5-11H2,1-4H3. The summed E-state index contributed by atoms with van der Waals surface area (Å²) < 4.78 is 16.4.